The molecule has 1 unspecified atom stereocenters. The highest BCUT2D eigenvalue weighted by Crippen LogP contribution is 2.25. The Kier molecular flexibility index (Phi) is 6.70. The number of aliphatic hydroxyl groups is 1. The number of amides is 1. The number of rotatable bonds is 7. The summed E-state index contributed by atoms with van der Waals surface area (Å²) >= 11 is 6.22. The fourth-order valence-corrected chi connectivity index (χ4v) is 3.42. The van der Waals surface area contributed by atoms with E-state index in [-0.39, 0.29) is 11.9 Å². The van der Waals surface area contributed by atoms with Crippen LogP contribution in [-0.4, -0.2) is 46.7 Å². The van der Waals surface area contributed by atoms with Gasteiger partial charge in [-0.1, -0.05) is 31.0 Å². The smallest absolute Gasteiger partial charge is 0.245 e. The molecule has 1 amide bonds. The summed E-state index contributed by atoms with van der Waals surface area (Å²) in [5.41, 5.74) is 2.82. The zero-order chi connectivity index (χ0) is 20.1. The third kappa shape index (κ3) is 5.11. The van der Waals surface area contributed by atoms with Gasteiger partial charge in [-0.05, 0) is 37.5 Å². The molecule has 1 aromatic carbocycles. The fraction of sp³-hybridized carbons (Fsp3) is 0.450. The second-order valence-electron chi connectivity index (χ2n) is 7.04. The van der Waals surface area contributed by atoms with E-state index in [2.05, 4.69) is 32.4 Å². The number of hydrogen-bond donors (Lipinski definition) is 3. The van der Waals surface area contributed by atoms with Crippen LogP contribution in [0.2, 0.25) is 5.02 Å². The maximum atomic E-state index is 11.4. The Labute approximate surface area is 170 Å². The quantitative estimate of drug-likeness (QED) is 0.658. The topological polar surface area (TPSA) is 90.4 Å². The molecule has 3 rings (SSSR count). The van der Waals surface area contributed by atoms with Crippen LogP contribution in [0.15, 0.2) is 24.3 Å². The van der Waals surface area contributed by atoms with Gasteiger partial charge < -0.3 is 20.6 Å². The lowest BCUT2D eigenvalue weighted by Gasteiger charge is -2.19. The number of carbonyl (C=O) groups is 1. The molecular formula is C20H26ClN5O2. The van der Waals surface area contributed by atoms with Gasteiger partial charge in [0.1, 0.15) is 12.4 Å². The van der Waals surface area contributed by atoms with Crippen LogP contribution in [0.4, 0.5) is 17.5 Å². The first-order valence-corrected chi connectivity index (χ1v) is 9.92. The fourth-order valence-electron chi connectivity index (χ4n) is 3.24. The van der Waals surface area contributed by atoms with Gasteiger partial charge in [0.15, 0.2) is 0 Å². The number of hydrogen-bond acceptors (Lipinski definition) is 6. The number of aromatic nitrogens is 2. The summed E-state index contributed by atoms with van der Waals surface area (Å²) in [5, 5.41) is 15.7. The van der Waals surface area contributed by atoms with Crippen LogP contribution in [0.3, 0.4) is 0 Å². The van der Waals surface area contributed by atoms with Crippen LogP contribution in [-0.2, 0) is 11.2 Å². The Bertz CT molecular complexity index is 845. The molecule has 8 heteroatoms. The molecule has 7 nitrogen and oxygen atoms in total. The van der Waals surface area contributed by atoms with Crippen molar-refractivity contribution in [2.45, 2.75) is 39.2 Å². The Balaban J connectivity index is 1.79. The Hall–Kier alpha value is -2.38. The number of benzene rings is 1. The third-order valence-corrected chi connectivity index (χ3v) is 5.13. The maximum Gasteiger partial charge on any atom is 0.245 e. The van der Waals surface area contributed by atoms with Gasteiger partial charge in [0, 0.05) is 41.6 Å². The summed E-state index contributed by atoms with van der Waals surface area (Å²) < 4.78 is 0. The highest BCUT2D eigenvalue weighted by Gasteiger charge is 2.25. The zero-order valence-corrected chi connectivity index (χ0v) is 17.0. The van der Waals surface area contributed by atoms with Crippen molar-refractivity contribution in [3.05, 3.63) is 40.5 Å². The summed E-state index contributed by atoms with van der Waals surface area (Å²) in [6, 6.07) is 7.79. The average molecular weight is 404 g/mol. The second kappa shape index (κ2) is 9.21. The van der Waals surface area contributed by atoms with E-state index in [0.29, 0.717) is 17.5 Å². The molecule has 150 valence electrons. The SMILES string of the molecule is CCCc1cc(N2CCC(NC(=O)CO)C2)nc(Nc2ccc(C)c(Cl)c2)n1. The number of aliphatic hydroxyl groups excluding tert-OH is 1. The minimum absolute atomic E-state index is 0.0107. The molecule has 0 aliphatic carbocycles. The first-order valence-electron chi connectivity index (χ1n) is 9.54. The molecule has 2 aromatic rings. The molecule has 1 aliphatic rings. The lowest BCUT2D eigenvalue weighted by Crippen LogP contribution is -2.38. The second-order valence-corrected chi connectivity index (χ2v) is 7.44. The van der Waals surface area contributed by atoms with Gasteiger partial charge in [-0.2, -0.15) is 4.98 Å². The number of nitrogens with one attached hydrogen (secondary N) is 2. The van der Waals surface area contributed by atoms with Crippen LogP contribution in [0, 0.1) is 6.92 Å². The summed E-state index contributed by atoms with van der Waals surface area (Å²) in [6.45, 7) is 5.03. The normalized spacial score (nSPS) is 16.3. The average Bonchev–Trinajstić information content (AvgIpc) is 3.13. The van der Waals surface area contributed by atoms with Gasteiger partial charge in [0.05, 0.1) is 0 Å². The zero-order valence-electron chi connectivity index (χ0n) is 16.2. The molecule has 1 atom stereocenters. The van der Waals surface area contributed by atoms with E-state index in [1.54, 1.807) is 0 Å². The monoisotopic (exact) mass is 403 g/mol. The van der Waals surface area contributed by atoms with Gasteiger partial charge in [-0.15, -0.1) is 0 Å². The Morgan fingerprint density at radius 1 is 1.36 bits per heavy atom. The van der Waals surface area contributed by atoms with Crippen LogP contribution in [0.25, 0.3) is 0 Å². The Morgan fingerprint density at radius 2 is 2.18 bits per heavy atom. The lowest BCUT2D eigenvalue weighted by atomic mass is 10.2. The van der Waals surface area contributed by atoms with Crippen molar-refractivity contribution in [1.82, 2.24) is 15.3 Å². The molecular weight excluding hydrogens is 378 g/mol. The summed E-state index contributed by atoms with van der Waals surface area (Å²) in [6.07, 6.45) is 2.66. The van der Waals surface area contributed by atoms with Crippen LogP contribution < -0.4 is 15.5 Å². The summed E-state index contributed by atoms with van der Waals surface area (Å²) in [4.78, 5) is 22.9. The molecule has 1 aromatic heterocycles. The Morgan fingerprint density at radius 3 is 2.89 bits per heavy atom. The van der Waals surface area contributed by atoms with E-state index in [4.69, 9.17) is 16.7 Å². The van der Waals surface area contributed by atoms with Crippen molar-refractivity contribution in [2.24, 2.45) is 0 Å². The van der Waals surface area contributed by atoms with Crippen LogP contribution in [0.1, 0.15) is 31.0 Å². The molecule has 0 radical (unpaired) electrons. The van der Waals surface area contributed by atoms with Crippen molar-refractivity contribution in [2.75, 3.05) is 29.9 Å². The minimum Gasteiger partial charge on any atom is -0.387 e. The molecule has 3 N–H and O–H groups in total. The number of carbonyl (C=O) groups excluding carboxylic acids is 1. The minimum atomic E-state index is -0.488. The van der Waals surface area contributed by atoms with E-state index < -0.39 is 6.61 Å². The van der Waals surface area contributed by atoms with Crippen molar-refractivity contribution in [1.29, 1.82) is 0 Å². The highest BCUT2D eigenvalue weighted by molar-refractivity contribution is 6.31. The first-order chi connectivity index (χ1) is 13.5. The molecule has 2 heterocycles. The molecule has 1 aliphatic heterocycles. The van der Waals surface area contributed by atoms with E-state index in [1.165, 1.54) is 0 Å². The summed E-state index contributed by atoms with van der Waals surface area (Å²) in [7, 11) is 0. The highest BCUT2D eigenvalue weighted by atomic mass is 35.5. The van der Waals surface area contributed by atoms with Crippen LogP contribution in [0.5, 0.6) is 0 Å². The third-order valence-electron chi connectivity index (χ3n) is 4.72. The predicted molar refractivity (Wildman–Crippen MR) is 111 cm³/mol. The van der Waals surface area contributed by atoms with Gasteiger partial charge in [-0.25, -0.2) is 4.98 Å². The number of aryl methyl sites for hydroxylation is 2. The number of nitrogens with zero attached hydrogens (tertiary/aromatic N) is 3. The molecule has 0 spiro atoms. The van der Waals surface area contributed by atoms with Crippen molar-refractivity contribution in [3.63, 3.8) is 0 Å². The lowest BCUT2D eigenvalue weighted by molar-refractivity contribution is -0.124. The summed E-state index contributed by atoms with van der Waals surface area (Å²) in [5.74, 6) is 1.02. The largest absolute Gasteiger partial charge is 0.387 e. The van der Waals surface area contributed by atoms with E-state index in [9.17, 15) is 4.79 Å². The molecule has 0 saturated carbocycles. The standard InChI is InChI=1S/C20H26ClN5O2/c1-3-4-14-10-18(26-8-7-16(11-26)22-19(28)12-27)25-20(23-14)24-15-6-5-13(2)17(21)9-15/h5-6,9-10,16,27H,3-4,7-8,11-12H2,1-2H3,(H,22,28)(H,23,24,25). The predicted octanol–water partition coefficient (Wildman–Crippen LogP) is 2.82. The molecule has 1 fully saturated rings. The van der Waals surface area contributed by atoms with E-state index >= 15 is 0 Å². The van der Waals surface area contributed by atoms with Crippen molar-refractivity contribution < 1.29 is 9.90 Å². The van der Waals surface area contributed by atoms with Gasteiger partial charge in [-0.3, -0.25) is 4.79 Å². The molecule has 0 bridgehead atoms. The number of anilines is 3. The van der Waals surface area contributed by atoms with Gasteiger partial charge in [0.25, 0.3) is 0 Å². The first kappa shape index (κ1) is 20.4. The van der Waals surface area contributed by atoms with Gasteiger partial charge in [0.2, 0.25) is 11.9 Å². The van der Waals surface area contributed by atoms with Crippen LogP contribution >= 0.6 is 11.6 Å². The molecule has 28 heavy (non-hydrogen) atoms. The maximum absolute atomic E-state index is 11.4. The van der Waals surface area contributed by atoms with E-state index in [1.807, 2.05) is 31.2 Å². The van der Waals surface area contributed by atoms with Crippen molar-refractivity contribution >= 4 is 35.0 Å². The van der Waals surface area contributed by atoms with Crippen molar-refractivity contribution in [3.8, 4) is 0 Å². The number of halogens is 1. The molecule has 1 saturated heterocycles. The van der Waals surface area contributed by atoms with E-state index in [0.717, 1.165) is 48.6 Å². The van der Waals surface area contributed by atoms with Gasteiger partial charge >= 0.3 is 0 Å².